The molecule has 2 aromatic rings. The van der Waals surface area contributed by atoms with E-state index in [1.807, 2.05) is 7.05 Å². The normalized spacial score (nSPS) is 14.0. The average Bonchev–Trinajstić information content (AvgIpc) is 2.49. The minimum absolute atomic E-state index is 0.178. The van der Waals surface area contributed by atoms with Crippen LogP contribution in [0.4, 0.5) is 0 Å². The van der Waals surface area contributed by atoms with Crippen LogP contribution in [0.25, 0.3) is 0 Å². The number of hydrogen-bond acceptors (Lipinski definition) is 1. The zero-order chi connectivity index (χ0) is 13.6. The molecule has 1 N–H and O–H groups in total. The number of benzene rings is 2. The Morgan fingerprint density at radius 2 is 1.47 bits per heavy atom. The van der Waals surface area contributed by atoms with E-state index in [0.29, 0.717) is 0 Å². The van der Waals surface area contributed by atoms with Gasteiger partial charge in [0.25, 0.3) is 0 Å². The minimum atomic E-state index is 0.178. The van der Waals surface area contributed by atoms with Crippen molar-refractivity contribution in [3.8, 4) is 0 Å². The topological polar surface area (TPSA) is 12.0 Å². The highest BCUT2D eigenvalue weighted by Gasteiger charge is 2.29. The van der Waals surface area contributed by atoms with E-state index in [-0.39, 0.29) is 5.41 Å². The molecule has 0 bridgehead atoms. The van der Waals surface area contributed by atoms with Gasteiger partial charge in [-0.25, -0.2) is 0 Å². The van der Waals surface area contributed by atoms with Crippen molar-refractivity contribution < 1.29 is 0 Å². The summed E-state index contributed by atoms with van der Waals surface area (Å²) in [6.07, 6.45) is 2.21. The molecular weight excluding hydrogens is 230 g/mol. The van der Waals surface area contributed by atoms with Crippen LogP contribution in [0.5, 0.6) is 0 Å². The first-order valence-electron chi connectivity index (χ1n) is 7.05. The van der Waals surface area contributed by atoms with Crippen LogP contribution in [0.3, 0.4) is 0 Å². The van der Waals surface area contributed by atoms with E-state index < -0.39 is 0 Å². The highest BCUT2D eigenvalue weighted by molar-refractivity contribution is 5.30. The third kappa shape index (κ3) is 3.24. The fourth-order valence-corrected chi connectivity index (χ4v) is 2.84. The lowest BCUT2D eigenvalue weighted by Gasteiger charge is -2.33. The van der Waals surface area contributed by atoms with Gasteiger partial charge in [0, 0.05) is 12.0 Å². The van der Waals surface area contributed by atoms with Gasteiger partial charge < -0.3 is 5.32 Å². The lowest BCUT2D eigenvalue weighted by atomic mass is 9.73. The van der Waals surface area contributed by atoms with E-state index in [1.165, 1.54) is 11.1 Å². The highest BCUT2D eigenvalue weighted by Crippen LogP contribution is 2.31. The van der Waals surface area contributed by atoms with Crippen LogP contribution in [0.2, 0.25) is 0 Å². The number of rotatable bonds is 6. The first-order chi connectivity index (χ1) is 9.30. The third-order valence-corrected chi connectivity index (χ3v) is 3.96. The molecular formula is C18H23N. The molecule has 0 radical (unpaired) electrons. The van der Waals surface area contributed by atoms with Crippen LogP contribution in [-0.2, 0) is 11.8 Å². The molecule has 0 heterocycles. The summed E-state index contributed by atoms with van der Waals surface area (Å²) in [5, 5.41) is 3.38. The van der Waals surface area contributed by atoms with E-state index >= 15 is 0 Å². The molecule has 0 fully saturated rings. The molecule has 1 nitrogen and oxygen atoms in total. The number of likely N-dealkylation sites (N-methyl/N-ethyl adjacent to an activating group) is 1. The SMILES string of the molecule is CCC(CNC)(Cc1ccccc1)c1ccccc1. The highest BCUT2D eigenvalue weighted by atomic mass is 14.8. The third-order valence-electron chi connectivity index (χ3n) is 3.96. The fourth-order valence-electron chi connectivity index (χ4n) is 2.84. The lowest BCUT2D eigenvalue weighted by molar-refractivity contribution is 0.391. The van der Waals surface area contributed by atoms with Crippen LogP contribution >= 0.6 is 0 Å². The van der Waals surface area contributed by atoms with Gasteiger partial charge in [-0.15, -0.1) is 0 Å². The van der Waals surface area contributed by atoms with Gasteiger partial charge in [-0.1, -0.05) is 67.6 Å². The number of nitrogens with one attached hydrogen (secondary N) is 1. The molecule has 0 aliphatic heterocycles. The maximum Gasteiger partial charge on any atom is 0.0115 e. The van der Waals surface area contributed by atoms with Crippen LogP contribution < -0.4 is 5.32 Å². The molecule has 0 aliphatic carbocycles. The second-order valence-corrected chi connectivity index (χ2v) is 5.19. The summed E-state index contributed by atoms with van der Waals surface area (Å²) in [5.74, 6) is 0. The van der Waals surface area contributed by atoms with Gasteiger partial charge in [-0.3, -0.25) is 0 Å². The summed E-state index contributed by atoms with van der Waals surface area (Å²) < 4.78 is 0. The van der Waals surface area contributed by atoms with Crippen LogP contribution in [0.15, 0.2) is 60.7 Å². The Balaban J connectivity index is 2.34. The van der Waals surface area contributed by atoms with Crippen molar-refractivity contribution in [2.45, 2.75) is 25.2 Å². The predicted octanol–water partition coefficient (Wildman–Crippen LogP) is 3.80. The summed E-state index contributed by atoms with van der Waals surface area (Å²) >= 11 is 0. The smallest absolute Gasteiger partial charge is 0.0115 e. The Hall–Kier alpha value is -1.60. The van der Waals surface area contributed by atoms with Gasteiger partial charge in [0.2, 0.25) is 0 Å². The zero-order valence-corrected chi connectivity index (χ0v) is 11.9. The fraction of sp³-hybridized carbons (Fsp3) is 0.333. The van der Waals surface area contributed by atoms with Gasteiger partial charge in [-0.2, -0.15) is 0 Å². The van der Waals surface area contributed by atoms with Crippen molar-refractivity contribution in [1.82, 2.24) is 5.32 Å². The molecule has 0 aliphatic rings. The Morgan fingerprint density at radius 1 is 0.895 bits per heavy atom. The van der Waals surface area contributed by atoms with Crippen molar-refractivity contribution in [2.24, 2.45) is 0 Å². The van der Waals surface area contributed by atoms with Crippen molar-refractivity contribution in [3.63, 3.8) is 0 Å². The zero-order valence-electron chi connectivity index (χ0n) is 11.9. The lowest BCUT2D eigenvalue weighted by Crippen LogP contribution is -2.38. The summed E-state index contributed by atoms with van der Waals surface area (Å²) in [7, 11) is 2.04. The molecule has 0 aromatic heterocycles. The summed E-state index contributed by atoms with van der Waals surface area (Å²) in [6.45, 7) is 3.29. The maximum atomic E-state index is 3.38. The van der Waals surface area contributed by atoms with Gasteiger partial charge in [0.1, 0.15) is 0 Å². The maximum absolute atomic E-state index is 3.38. The molecule has 0 amide bonds. The molecule has 0 saturated carbocycles. The molecule has 1 atom stereocenters. The van der Waals surface area contributed by atoms with Gasteiger partial charge in [0.15, 0.2) is 0 Å². The standard InChI is InChI=1S/C18H23N/c1-3-18(15-19-2,17-12-8-5-9-13-17)14-16-10-6-4-7-11-16/h4-13,19H,3,14-15H2,1-2H3. The van der Waals surface area contributed by atoms with Crippen molar-refractivity contribution in [3.05, 3.63) is 71.8 Å². The second kappa shape index (κ2) is 6.53. The molecule has 1 heteroatoms. The number of hydrogen-bond donors (Lipinski definition) is 1. The van der Waals surface area contributed by atoms with Crippen LogP contribution in [0.1, 0.15) is 24.5 Å². The minimum Gasteiger partial charge on any atom is -0.319 e. The van der Waals surface area contributed by atoms with E-state index in [4.69, 9.17) is 0 Å². The molecule has 2 aromatic carbocycles. The summed E-state index contributed by atoms with van der Waals surface area (Å²) in [4.78, 5) is 0. The predicted molar refractivity (Wildman–Crippen MR) is 82.5 cm³/mol. The van der Waals surface area contributed by atoms with Crippen molar-refractivity contribution >= 4 is 0 Å². The molecule has 1 unspecified atom stereocenters. The Bertz CT molecular complexity index is 478. The van der Waals surface area contributed by atoms with E-state index in [2.05, 4.69) is 72.9 Å². The van der Waals surface area contributed by atoms with E-state index in [1.54, 1.807) is 0 Å². The van der Waals surface area contributed by atoms with Crippen molar-refractivity contribution in [2.75, 3.05) is 13.6 Å². The van der Waals surface area contributed by atoms with Gasteiger partial charge >= 0.3 is 0 Å². The molecule has 0 spiro atoms. The Labute approximate surface area is 116 Å². The monoisotopic (exact) mass is 253 g/mol. The van der Waals surface area contributed by atoms with Gasteiger partial charge in [0.05, 0.1) is 0 Å². The van der Waals surface area contributed by atoms with E-state index in [0.717, 1.165) is 19.4 Å². The molecule has 100 valence electrons. The Kier molecular flexibility index (Phi) is 4.75. The first-order valence-corrected chi connectivity index (χ1v) is 7.05. The Morgan fingerprint density at radius 3 is 2.00 bits per heavy atom. The van der Waals surface area contributed by atoms with E-state index in [9.17, 15) is 0 Å². The van der Waals surface area contributed by atoms with Crippen molar-refractivity contribution in [1.29, 1.82) is 0 Å². The molecule has 0 saturated heterocycles. The first kappa shape index (κ1) is 13.8. The van der Waals surface area contributed by atoms with Crippen LogP contribution in [-0.4, -0.2) is 13.6 Å². The second-order valence-electron chi connectivity index (χ2n) is 5.19. The molecule has 2 rings (SSSR count). The van der Waals surface area contributed by atoms with Crippen LogP contribution in [0, 0.1) is 0 Å². The summed E-state index contributed by atoms with van der Waals surface area (Å²) in [6, 6.07) is 21.7. The largest absolute Gasteiger partial charge is 0.319 e. The quantitative estimate of drug-likeness (QED) is 0.825. The average molecular weight is 253 g/mol. The molecule has 19 heavy (non-hydrogen) atoms. The summed E-state index contributed by atoms with van der Waals surface area (Å²) in [5.41, 5.74) is 3.01. The van der Waals surface area contributed by atoms with Gasteiger partial charge in [-0.05, 0) is 31.0 Å².